The van der Waals surface area contributed by atoms with Gasteiger partial charge in [-0.1, -0.05) is 85.0 Å². The second kappa shape index (κ2) is 8.40. The standard InChI is InChI=1S/C36H27BN2O/c1-3-12-24(13-4-1)38-30-18-9-8-17-28(30)37-29-23-22-27-26-16-7-10-21-33(26)40-36(27)35(29)39(25-14-5-2-6-15-25)32-20-11-19-31(38)34(32)37/h1,3-5,7-10,12-19,21-23H,2,6,11,20H2. The van der Waals surface area contributed by atoms with Crippen LogP contribution in [0, 0.1) is 0 Å². The summed E-state index contributed by atoms with van der Waals surface area (Å²) in [5.74, 6) is 0. The Labute approximate surface area is 234 Å². The summed E-state index contributed by atoms with van der Waals surface area (Å²) in [6.45, 7) is 0.148. The number of rotatable bonds is 2. The molecule has 0 amide bonds. The second-order valence-electron chi connectivity index (χ2n) is 11.1. The van der Waals surface area contributed by atoms with E-state index in [1.807, 2.05) is 0 Å². The van der Waals surface area contributed by atoms with Gasteiger partial charge in [-0.25, -0.2) is 0 Å². The van der Waals surface area contributed by atoms with Gasteiger partial charge in [-0.15, -0.1) is 0 Å². The van der Waals surface area contributed by atoms with Crippen LogP contribution in [-0.4, -0.2) is 6.71 Å². The molecule has 40 heavy (non-hydrogen) atoms. The molecule has 2 aliphatic heterocycles. The Bertz CT molecular complexity index is 1980. The van der Waals surface area contributed by atoms with Crippen molar-refractivity contribution in [1.82, 2.24) is 0 Å². The van der Waals surface area contributed by atoms with Crippen molar-refractivity contribution in [3.63, 3.8) is 0 Å². The van der Waals surface area contributed by atoms with E-state index in [1.165, 1.54) is 61.3 Å². The Morgan fingerprint density at radius 2 is 1.52 bits per heavy atom. The lowest BCUT2D eigenvalue weighted by atomic mass is 9.32. The quantitative estimate of drug-likeness (QED) is 0.224. The van der Waals surface area contributed by atoms with Gasteiger partial charge < -0.3 is 14.2 Å². The van der Waals surface area contributed by atoms with Crippen molar-refractivity contribution in [3.8, 4) is 0 Å². The molecule has 0 unspecified atom stereocenters. The maximum absolute atomic E-state index is 6.73. The molecule has 2 aliphatic carbocycles. The first-order valence-corrected chi connectivity index (χ1v) is 14.4. The van der Waals surface area contributed by atoms with Crippen LogP contribution in [0.4, 0.5) is 17.1 Å². The minimum atomic E-state index is 0.148. The second-order valence-corrected chi connectivity index (χ2v) is 11.1. The molecule has 4 heteroatoms. The molecule has 1 aromatic heterocycles. The zero-order valence-corrected chi connectivity index (χ0v) is 22.2. The molecule has 0 radical (unpaired) electrons. The van der Waals surface area contributed by atoms with Gasteiger partial charge in [0, 0.05) is 39.2 Å². The maximum atomic E-state index is 6.73. The van der Waals surface area contributed by atoms with Crippen molar-refractivity contribution in [1.29, 1.82) is 0 Å². The van der Waals surface area contributed by atoms with Gasteiger partial charge in [0.25, 0.3) is 6.71 Å². The predicted octanol–water partition coefficient (Wildman–Crippen LogP) is 7.87. The summed E-state index contributed by atoms with van der Waals surface area (Å²) in [5.41, 5.74) is 13.7. The fraction of sp³-hybridized carbons (Fsp3) is 0.111. The van der Waals surface area contributed by atoms with Crippen molar-refractivity contribution in [2.24, 2.45) is 0 Å². The lowest BCUT2D eigenvalue weighted by molar-refractivity contribution is 0.667. The minimum Gasteiger partial charge on any atom is -0.454 e. The Morgan fingerprint density at radius 3 is 2.42 bits per heavy atom. The number of hydrogen-bond donors (Lipinski definition) is 0. The summed E-state index contributed by atoms with van der Waals surface area (Å²) in [7, 11) is 0. The van der Waals surface area contributed by atoms with Crippen LogP contribution in [0.1, 0.15) is 25.7 Å². The molecule has 0 saturated carbocycles. The monoisotopic (exact) mass is 514 g/mol. The summed E-state index contributed by atoms with van der Waals surface area (Å²) in [6, 6.07) is 32.9. The Hall–Kier alpha value is -4.70. The molecule has 0 saturated heterocycles. The molecule has 0 fully saturated rings. The van der Waals surface area contributed by atoms with E-state index in [0.717, 1.165) is 36.8 Å². The van der Waals surface area contributed by atoms with Crippen LogP contribution in [0.3, 0.4) is 0 Å². The molecular weight excluding hydrogens is 487 g/mol. The summed E-state index contributed by atoms with van der Waals surface area (Å²) >= 11 is 0. The largest absolute Gasteiger partial charge is 0.454 e. The number of hydrogen-bond acceptors (Lipinski definition) is 3. The van der Waals surface area contributed by atoms with Gasteiger partial charge in [-0.05, 0) is 72.4 Å². The van der Waals surface area contributed by atoms with Crippen LogP contribution >= 0.6 is 0 Å². The summed E-state index contributed by atoms with van der Waals surface area (Å²) < 4.78 is 6.73. The average molecular weight is 514 g/mol. The Morgan fingerprint density at radius 1 is 0.675 bits per heavy atom. The fourth-order valence-electron chi connectivity index (χ4n) is 7.33. The SMILES string of the molecule is C1=CC(N2C3=C4B(c5ccccc5N(c5ccccc5)C4=CCC3)c3ccc4c(oc5ccccc54)c32)=CCC1. The van der Waals surface area contributed by atoms with E-state index in [1.54, 1.807) is 0 Å². The van der Waals surface area contributed by atoms with E-state index in [0.29, 0.717) is 0 Å². The smallest absolute Gasteiger partial charge is 0.251 e. The maximum Gasteiger partial charge on any atom is 0.251 e. The number of nitrogens with zero attached hydrogens (tertiary/aromatic N) is 2. The number of para-hydroxylation sites is 3. The molecule has 4 aliphatic rings. The minimum absolute atomic E-state index is 0.148. The lowest BCUT2D eigenvalue weighted by Crippen LogP contribution is -2.57. The number of allylic oxidation sites excluding steroid dienone is 6. The van der Waals surface area contributed by atoms with Crippen LogP contribution in [0.5, 0.6) is 0 Å². The van der Waals surface area contributed by atoms with Gasteiger partial charge in [0.05, 0.1) is 5.69 Å². The van der Waals surface area contributed by atoms with E-state index in [9.17, 15) is 0 Å². The molecular formula is C36H27BN2O. The zero-order chi connectivity index (χ0) is 26.2. The highest BCUT2D eigenvalue weighted by Crippen LogP contribution is 2.48. The summed E-state index contributed by atoms with van der Waals surface area (Å²) in [6.07, 6.45) is 13.6. The third kappa shape index (κ3) is 2.96. The van der Waals surface area contributed by atoms with Crippen molar-refractivity contribution in [2.45, 2.75) is 25.7 Å². The van der Waals surface area contributed by atoms with Gasteiger partial charge in [-0.2, -0.15) is 0 Å². The number of furan rings is 1. The summed E-state index contributed by atoms with van der Waals surface area (Å²) in [5, 5.41) is 2.36. The molecule has 9 rings (SSSR count). The van der Waals surface area contributed by atoms with Crippen LogP contribution in [0.15, 0.2) is 142 Å². The van der Waals surface area contributed by atoms with E-state index < -0.39 is 0 Å². The lowest BCUT2D eigenvalue weighted by Gasteiger charge is -2.47. The van der Waals surface area contributed by atoms with Crippen molar-refractivity contribution in [2.75, 3.05) is 9.80 Å². The molecule has 3 heterocycles. The Balaban J connectivity index is 1.40. The van der Waals surface area contributed by atoms with Gasteiger partial charge in [-0.3, -0.25) is 0 Å². The predicted molar refractivity (Wildman–Crippen MR) is 167 cm³/mol. The topological polar surface area (TPSA) is 19.6 Å². The fourth-order valence-corrected chi connectivity index (χ4v) is 7.33. The number of fused-ring (bicyclic) bond motifs is 8. The van der Waals surface area contributed by atoms with E-state index >= 15 is 0 Å². The highest BCUT2D eigenvalue weighted by Gasteiger charge is 2.46. The van der Waals surface area contributed by atoms with Gasteiger partial charge in [0.15, 0.2) is 5.58 Å². The first-order chi connectivity index (χ1) is 19.9. The Kier molecular flexibility index (Phi) is 4.65. The van der Waals surface area contributed by atoms with Crippen molar-refractivity contribution in [3.05, 3.63) is 138 Å². The highest BCUT2D eigenvalue weighted by molar-refractivity contribution is 6.95. The molecule has 190 valence electrons. The third-order valence-electron chi connectivity index (χ3n) is 8.93. The third-order valence-corrected chi connectivity index (χ3v) is 8.93. The molecule has 0 bridgehead atoms. The molecule has 0 atom stereocenters. The number of benzene rings is 4. The average Bonchev–Trinajstić information content (AvgIpc) is 3.41. The highest BCUT2D eigenvalue weighted by atomic mass is 16.3. The first kappa shape index (κ1) is 22.2. The van der Waals surface area contributed by atoms with Crippen molar-refractivity contribution >= 4 is 56.6 Å². The van der Waals surface area contributed by atoms with Crippen LogP contribution in [0.25, 0.3) is 21.9 Å². The normalized spacial score (nSPS) is 17.6. The van der Waals surface area contributed by atoms with Gasteiger partial charge in [0.1, 0.15) is 5.58 Å². The van der Waals surface area contributed by atoms with Crippen LogP contribution < -0.4 is 20.7 Å². The van der Waals surface area contributed by atoms with E-state index in [-0.39, 0.29) is 6.71 Å². The molecule has 3 nitrogen and oxygen atoms in total. The van der Waals surface area contributed by atoms with Gasteiger partial charge in [0.2, 0.25) is 0 Å². The van der Waals surface area contributed by atoms with Crippen LogP contribution in [-0.2, 0) is 0 Å². The van der Waals surface area contributed by atoms with Gasteiger partial charge >= 0.3 is 0 Å². The summed E-state index contributed by atoms with van der Waals surface area (Å²) in [4.78, 5) is 5.03. The molecule has 0 N–H and O–H groups in total. The molecule has 0 spiro atoms. The zero-order valence-electron chi connectivity index (χ0n) is 22.2. The molecule has 4 aromatic carbocycles. The number of anilines is 3. The first-order valence-electron chi connectivity index (χ1n) is 14.4. The van der Waals surface area contributed by atoms with Crippen molar-refractivity contribution < 1.29 is 4.42 Å². The van der Waals surface area contributed by atoms with Crippen LogP contribution in [0.2, 0.25) is 0 Å². The van der Waals surface area contributed by atoms with E-state index in [2.05, 4.69) is 125 Å². The molecule has 5 aromatic rings. The van der Waals surface area contributed by atoms with E-state index in [4.69, 9.17) is 4.42 Å².